The third kappa shape index (κ3) is 2.75. The summed E-state index contributed by atoms with van der Waals surface area (Å²) in [6.07, 6.45) is 2.78. The molecular formula is C9H10Cl2N2OS. The first-order chi connectivity index (χ1) is 7.16. The Hall–Kier alpha value is -0.0300. The van der Waals surface area contributed by atoms with Crippen molar-refractivity contribution in [2.24, 2.45) is 0 Å². The second kappa shape index (κ2) is 4.87. The van der Waals surface area contributed by atoms with Crippen molar-refractivity contribution in [2.45, 2.75) is 29.7 Å². The van der Waals surface area contributed by atoms with Crippen molar-refractivity contribution in [2.75, 3.05) is 6.61 Å². The van der Waals surface area contributed by atoms with Gasteiger partial charge in [-0.1, -0.05) is 23.4 Å². The summed E-state index contributed by atoms with van der Waals surface area (Å²) in [6.45, 7) is 2.86. The van der Waals surface area contributed by atoms with E-state index in [9.17, 15) is 0 Å². The van der Waals surface area contributed by atoms with Crippen LogP contribution in [-0.2, 0) is 4.74 Å². The first-order valence-electron chi connectivity index (χ1n) is 4.63. The lowest BCUT2D eigenvalue weighted by Gasteiger charge is -2.13. The van der Waals surface area contributed by atoms with Crippen LogP contribution in [0.5, 0.6) is 0 Å². The lowest BCUT2D eigenvalue weighted by Crippen LogP contribution is -2.13. The highest BCUT2D eigenvalue weighted by Gasteiger charge is 2.26. The van der Waals surface area contributed by atoms with E-state index in [1.54, 1.807) is 11.8 Å². The van der Waals surface area contributed by atoms with Gasteiger partial charge in [0.2, 0.25) is 5.28 Å². The average molecular weight is 265 g/mol. The van der Waals surface area contributed by atoms with Crippen molar-refractivity contribution in [1.29, 1.82) is 0 Å². The number of nitrogens with zero attached hydrogens (tertiary/aromatic N) is 2. The predicted molar refractivity (Wildman–Crippen MR) is 61.7 cm³/mol. The summed E-state index contributed by atoms with van der Waals surface area (Å²) in [7, 11) is 0. The van der Waals surface area contributed by atoms with Gasteiger partial charge >= 0.3 is 0 Å². The summed E-state index contributed by atoms with van der Waals surface area (Å²) in [4.78, 5) is 7.91. The molecule has 0 aliphatic carbocycles. The molecule has 1 aromatic heterocycles. The van der Waals surface area contributed by atoms with Crippen molar-refractivity contribution in [3.63, 3.8) is 0 Å². The minimum Gasteiger partial charge on any atom is -0.377 e. The molecule has 1 aliphatic heterocycles. The minimum absolute atomic E-state index is 0.230. The van der Waals surface area contributed by atoms with Gasteiger partial charge in [0.15, 0.2) is 0 Å². The Bertz CT molecular complexity index is 364. The number of aromatic nitrogens is 2. The number of ether oxygens (including phenoxy) is 1. The Morgan fingerprint density at radius 1 is 1.53 bits per heavy atom. The molecule has 1 aromatic rings. The summed E-state index contributed by atoms with van der Waals surface area (Å²) < 4.78 is 5.47. The molecule has 6 heteroatoms. The molecule has 0 amide bonds. The smallest absolute Gasteiger partial charge is 0.223 e. The van der Waals surface area contributed by atoms with Gasteiger partial charge in [0, 0.05) is 11.9 Å². The molecule has 82 valence electrons. The van der Waals surface area contributed by atoms with Crippen LogP contribution in [0.25, 0.3) is 0 Å². The van der Waals surface area contributed by atoms with E-state index in [4.69, 9.17) is 27.9 Å². The zero-order chi connectivity index (χ0) is 10.8. The fourth-order valence-corrected chi connectivity index (χ4v) is 2.91. The monoisotopic (exact) mass is 264 g/mol. The van der Waals surface area contributed by atoms with E-state index in [1.807, 2.05) is 0 Å². The Morgan fingerprint density at radius 2 is 2.33 bits per heavy atom. The lowest BCUT2D eigenvalue weighted by atomic mass is 10.3. The highest BCUT2D eigenvalue weighted by Crippen LogP contribution is 2.35. The molecule has 0 saturated carbocycles. The normalized spacial score (nSPS) is 25.8. The van der Waals surface area contributed by atoms with E-state index >= 15 is 0 Å². The molecule has 2 atom stereocenters. The highest BCUT2D eigenvalue weighted by atomic mass is 35.5. The first-order valence-corrected chi connectivity index (χ1v) is 6.26. The van der Waals surface area contributed by atoms with Gasteiger partial charge in [-0.25, -0.2) is 9.97 Å². The third-order valence-corrected chi connectivity index (χ3v) is 4.28. The highest BCUT2D eigenvalue weighted by molar-refractivity contribution is 8.00. The van der Waals surface area contributed by atoms with Crippen molar-refractivity contribution < 1.29 is 4.74 Å². The largest absolute Gasteiger partial charge is 0.377 e. The number of thioether (sulfide) groups is 1. The van der Waals surface area contributed by atoms with Gasteiger partial charge in [0.05, 0.1) is 17.3 Å². The van der Waals surface area contributed by atoms with Gasteiger partial charge in [0.25, 0.3) is 0 Å². The van der Waals surface area contributed by atoms with Gasteiger partial charge < -0.3 is 4.74 Å². The quantitative estimate of drug-likeness (QED) is 0.608. The molecule has 0 N–H and O–H groups in total. The van der Waals surface area contributed by atoms with Gasteiger partial charge in [-0.3, -0.25) is 0 Å². The summed E-state index contributed by atoms with van der Waals surface area (Å²) in [5.41, 5.74) is 0. The molecule has 2 rings (SSSR count). The van der Waals surface area contributed by atoms with Crippen LogP contribution >= 0.6 is 35.0 Å². The maximum absolute atomic E-state index is 5.98. The molecule has 1 fully saturated rings. The van der Waals surface area contributed by atoms with Crippen LogP contribution in [0, 0.1) is 0 Å². The summed E-state index contributed by atoms with van der Waals surface area (Å²) >= 11 is 13.3. The van der Waals surface area contributed by atoms with E-state index in [1.165, 1.54) is 6.20 Å². The zero-order valence-corrected chi connectivity index (χ0v) is 10.4. The van der Waals surface area contributed by atoms with E-state index in [0.29, 0.717) is 10.3 Å². The van der Waals surface area contributed by atoms with Crippen LogP contribution in [-0.4, -0.2) is 27.9 Å². The fourth-order valence-electron chi connectivity index (χ4n) is 1.42. The van der Waals surface area contributed by atoms with Crippen molar-refractivity contribution in [3.8, 4) is 0 Å². The maximum atomic E-state index is 5.98. The van der Waals surface area contributed by atoms with Gasteiger partial charge in [-0.2, -0.15) is 0 Å². The predicted octanol–water partition coefficient (Wildman–Crippen LogP) is 3.05. The first kappa shape index (κ1) is 11.5. The van der Waals surface area contributed by atoms with Crippen LogP contribution < -0.4 is 0 Å². The summed E-state index contributed by atoms with van der Waals surface area (Å²) in [5, 5.41) is 1.91. The molecule has 15 heavy (non-hydrogen) atoms. The van der Waals surface area contributed by atoms with Crippen molar-refractivity contribution in [3.05, 3.63) is 16.5 Å². The van der Waals surface area contributed by atoms with Crippen LogP contribution in [0.15, 0.2) is 11.2 Å². The van der Waals surface area contributed by atoms with E-state index in [0.717, 1.165) is 18.1 Å². The molecular weight excluding hydrogens is 255 g/mol. The van der Waals surface area contributed by atoms with E-state index in [2.05, 4.69) is 16.9 Å². The van der Waals surface area contributed by atoms with E-state index in [-0.39, 0.29) is 11.4 Å². The SMILES string of the molecule is CC1OCCC1Sc1nc(Cl)ncc1Cl. The Morgan fingerprint density at radius 3 is 3.00 bits per heavy atom. The Balaban J connectivity index is 2.12. The maximum Gasteiger partial charge on any atom is 0.223 e. The molecule has 0 radical (unpaired) electrons. The van der Waals surface area contributed by atoms with Gasteiger partial charge in [-0.15, -0.1) is 0 Å². The Labute approximate surface area is 103 Å². The molecule has 0 bridgehead atoms. The molecule has 2 unspecified atom stereocenters. The number of hydrogen-bond acceptors (Lipinski definition) is 4. The number of hydrogen-bond donors (Lipinski definition) is 0. The van der Waals surface area contributed by atoms with Crippen molar-refractivity contribution >= 4 is 35.0 Å². The average Bonchev–Trinajstić information content (AvgIpc) is 2.58. The minimum atomic E-state index is 0.230. The molecule has 0 spiro atoms. The van der Waals surface area contributed by atoms with Crippen LogP contribution in [0.2, 0.25) is 10.3 Å². The molecule has 0 aromatic carbocycles. The summed E-state index contributed by atoms with van der Waals surface area (Å²) in [5.74, 6) is 0. The molecule has 3 nitrogen and oxygen atoms in total. The molecule has 2 heterocycles. The zero-order valence-electron chi connectivity index (χ0n) is 8.11. The lowest BCUT2D eigenvalue weighted by molar-refractivity contribution is 0.127. The van der Waals surface area contributed by atoms with Crippen LogP contribution in [0.3, 0.4) is 0 Å². The van der Waals surface area contributed by atoms with Crippen molar-refractivity contribution in [1.82, 2.24) is 9.97 Å². The third-order valence-electron chi connectivity index (χ3n) is 2.25. The number of halogens is 2. The summed E-state index contributed by atoms with van der Waals surface area (Å²) in [6, 6.07) is 0. The molecule has 1 saturated heterocycles. The standard InChI is InChI=1S/C9H10Cl2N2OS/c1-5-7(2-3-14-5)15-8-6(10)4-12-9(11)13-8/h4-5,7H,2-3H2,1H3. The topological polar surface area (TPSA) is 35.0 Å². The second-order valence-corrected chi connectivity index (χ2v) is 5.29. The van der Waals surface area contributed by atoms with Crippen LogP contribution in [0.1, 0.15) is 13.3 Å². The van der Waals surface area contributed by atoms with E-state index < -0.39 is 0 Å². The Kier molecular flexibility index (Phi) is 3.72. The molecule has 1 aliphatic rings. The van der Waals surface area contributed by atoms with Crippen LogP contribution in [0.4, 0.5) is 0 Å². The number of rotatable bonds is 2. The van der Waals surface area contributed by atoms with Gasteiger partial charge in [-0.05, 0) is 24.9 Å². The van der Waals surface area contributed by atoms with Gasteiger partial charge in [0.1, 0.15) is 5.03 Å². The second-order valence-electron chi connectivity index (χ2n) is 3.31. The fraction of sp³-hybridized carbons (Fsp3) is 0.556.